The Kier molecular flexibility index (Phi) is 5.64. The van der Waals surface area contributed by atoms with Crippen molar-refractivity contribution in [3.8, 4) is 0 Å². The van der Waals surface area contributed by atoms with Gasteiger partial charge in [0.05, 0.1) is 6.42 Å². The molecule has 3 aromatic rings. The maximum Gasteiger partial charge on any atom is 0.253 e. The molecule has 0 unspecified atom stereocenters. The lowest BCUT2D eigenvalue weighted by Gasteiger charge is -2.19. The average molecular weight is 398 g/mol. The first-order chi connectivity index (χ1) is 13.3. The molecule has 2 amide bonds. The van der Waals surface area contributed by atoms with Gasteiger partial charge in [-0.2, -0.15) is 4.98 Å². The van der Waals surface area contributed by atoms with Crippen LogP contribution in [-0.4, -0.2) is 49.6 Å². The van der Waals surface area contributed by atoms with Crippen molar-refractivity contribution in [2.75, 3.05) is 13.3 Å². The predicted molar refractivity (Wildman–Crippen MR) is 107 cm³/mol. The third-order valence-electron chi connectivity index (χ3n) is 4.60. The van der Waals surface area contributed by atoms with E-state index in [2.05, 4.69) is 15.1 Å². The van der Waals surface area contributed by atoms with E-state index in [1.165, 1.54) is 11.8 Å². The highest BCUT2D eigenvalue weighted by Crippen LogP contribution is 2.18. The van der Waals surface area contributed by atoms with Crippen LogP contribution in [-0.2, 0) is 17.8 Å². The van der Waals surface area contributed by atoms with Crippen LogP contribution in [0.25, 0.3) is 5.78 Å². The quantitative estimate of drug-likeness (QED) is 0.634. The second-order valence-electron chi connectivity index (χ2n) is 6.56. The average Bonchev–Trinajstić information content (AvgIpc) is 3.08. The van der Waals surface area contributed by atoms with Crippen molar-refractivity contribution in [2.24, 2.45) is 5.73 Å². The van der Waals surface area contributed by atoms with Gasteiger partial charge in [-0.15, -0.1) is 5.10 Å². The van der Waals surface area contributed by atoms with Crippen LogP contribution in [0.15, 0.2) is 29.4 Å². The molecule has 2 heterocycles. The molecule has 0 aliphatic heterocycles. The van der Waals surface area contributed by atoms with Gasteiger partial charge in [-0.3, -0.25) is 9.59 Å². The summed E-state index contributed by atoms with van der Waals surface area (Å²) in [4.78, 5) is 34.6. The van der Waals surface area contributed by atoms with Gasteiger partial charge in [0, 0.05) is 36.1 Å². The van der Waals surface area contributed by atoms with Crippen molar-refractivity contribution in [1.29, 1.82) is 0 Å². The molecular formula is C19H22N6O2S. The predicted octanol–water partition coefficient (Wildman–Crippen LogP) is 1.76. The Morgan fingerprint density at radius 3 is 2.68 bits per heavy atom. The van der Waals surface area contributed by atoms with E-state index in [4.69, 9.17) is 5.73 Å². The Morgan fingerprint density at radius 1 is 1.25 bits per heavy atom. The molecule has 0 spiro atoms. The van der Waals surface area contributed by atoms with Crippen LogP contribution in [0.1, 0.15) is 32.9 Å². The van der Waals surface area contributed by atoms with E-state index in [-0.39, 0.29) is 12.3 Å². The standard InChI is InChI=1S/C19H22N6O2S/c1-11-15(12(2)25-18(21-11)22-19(23-25)28-4)9-16(26)24(3)10-13-6-5-7-14(8-13)17(20)27/h5-8H,9-10H2,1-4H3,(H2,20,27). The number of nitrogens with two attached hydrogens (primary N) is 1. The summed E-state index contributed by atoms with van der Waals surface area (Å²) in [5, 5.41) is 5.06. The van der Waals surface area contributed by atoms with Gasteiger partial charge in [-0.05, 0) is 37.8 Å². The van der Waals surface area contributed by atoms with Gasteiger partial charge >= 0.3 is 0 Å². The van der Waals surface area contributed by atoms with Crippen LogP contribution in [0.3, 0.4) is 0 Å². The lowest BCUT2D eigenvalue weighted by Crippen LogP contribution is -2.28. The first kappa shape index (κ1) is 19.8. The minimum Gasteiger partial charge on any atom is -0.366 e. The fourth-order valence-corrected chi connectivity index (χ4v) is 3.34. The summed E-state index contributed by atoms with van der Waals surface area (Å²) in [5.41, 5.74) is 9.05. The normalized spacial score (nSPS) is 11.0. The lowest BCUT2D eigenvalue weighted by atomic mass is 10.1. The van der Waals surface area contributed by atoms with Crippen LogP contribution >= 0.6 is 11.8 Å². The monoisotopic (exact) mass is 398 g/mol. The van der Waals surface area contributed by atoms with Crippen LogP contribution in [0.2, 0.25) is 0 Å². The highest BCUT2D eigenvalue weighted by Gasteiger charge is 2.18. The number of hydrogen-bond donors (Lipinski definition) is 1. The molecule has 0 saturated heterocycles. The minimum atomic E-state index is -0.487. The van der Waals surface area contributed by atoms with E-state index in [1.807, 2.05) is 26.2 Å². The Morgan fingerprint density at radius 2 is 2.00 bits per heavy atom. The van der Waals surface area contributed by atoms with Crippen LogP contribution in [0.5, 0.6) is 0 Å². The number of aromatic nitrogens is 4. The summed E-state index contributed by atoms with van der Waals surface area (Å²) in [6.07, 6.45) is 2.12. The van der Waals surface area contributed by atoms with E-state index in [1.54, 1.807) is 34.7 Å². The third-order valence-corrected chi connectivity index (χ3v) is 5.14. The number of carbonyl (C=O) groups excluding carboxylic acids is 2. The molecule has 0 bridgehead atoms. The molecule has 28 heavy (non-hydrogen) atoms. The zero-order chi connectivity index (χ0) is 20.4. The molecule has 3 rings (SSSR count). The maximum atomic E-state index is 12.8. The van der Waals surface area contributed by atoms with E-state index >= 15 is 0 Å². The molecule has 0 aliphatic rings. The molecule has 0 atom stereocenters. The fourth-order valence-electron chi connectivity index (χ4n) is 3.00. The number of primary amides is 1. The van der Waals surface area contributed by atoms with Gasteiger partial charge < -0.3 is 10.6 Å². The molecule has 146 valence electrons. The number of nitrogens with zero attached hydrogens (tertiary/aromatic N) is 5. The minimum absolute atomic E-state index is 0.0537. The number of likely N-dealkylation sites (N-methyl/N-ethyl adjacent to an activating group) is 1. The van der Waals surface area contributed by atoms with Crippen LogP contribution < -0.4 is 5.73 Å². The number of fused-ring (bicyclic) bond motifs is 1. The topological polar surface area (TPSA) is 106 Å². The van der Waals surface area contributed by atoms with Gasteiger partial charge in [-0.1, -0.05) is 23.9 Å². The van der Waals surface area contributed by atoms with Gasteiger partial charge in [0.15, 0.2) is 0 Å². The van der Waals surface area contributed by atoms with E-state index in [0.717, 1.165) is 22.5 Å². The molecule has 0 aliphatic carbocycles. The van der Waals surface area contributed by atoms with Crippen molar-refractivity contribution in [1.82, 2.24) is 24.5 Å². The Hall–Kier alpha value is -2.94. The molecule has 0 fully saturated rings. The second kappa shape index (κ2) is 7.97. The van der Waals surface area contributed by atoms with Crippen LogP contribution in [0.4, 0.5) is 0 Å². The summed E-state index contributed by atoms with van der Waals surface area (Å²) in [6, 6.07) is 6.98. The first-order valence-electron chi connectivity index (χ1n) is 8.69. The maximum absolute atomic E-state index is 12.8. The highest BCUT2D eigenvalue weighted by molar-refractivity contribution is 7.98. The molecule has 9 heteroatoms. The molecule has 8 nitrogen and oxygen atoms in total. The molecule has 0 saturated carbocycles. The smallest absolute Gasteiger partial charge is 0.253 e. The summed E-state index contributed by atoms with van der Waals surface area (Å²) in [7, 11) is 1.73. The van der Waals surface area contributed by atoms with Crippen molar-refractivity contribution >= 4 is 29.4 Å². The number of aryl methyl sites for hydroxylation is 2. The zero-order valence-corrected chi connectivity index (χ0v) is 17.1. The summed E-state index contributed by atoms with van der Waals surface area (Å²) in [5.74, 6) is -0.00639. The second-order valence-corrected chi connectivity index (χ2v) is 7.34. The SMILES string of the molecule is CSc1nc2nc(C)c(CC(=O)N(C)Cc3cccc(C(N)=O)c3)c(C)n2n1. The number of carbonyl (C=O) groups is 2. The third kappa shape index (κ3) is 3.99. The van der Waals surface area contributed by atoms with E-state index in [0.29, 0.717) is 23.0 Å². The highest BCUT2D eigenvalue weighted by atomic mass is 32.2. The van der Waals surface area contributed by atoms with Gasteiger partial charge in [-0.25, -0.2) is 9.50 Å². The fraction of sp³-hybridized carbons (Fsp3) is 0.316. The van der Waals surface area contributed by atoms with E-state index < -0.39 is 5.91 Å². The Labute approximate surface area is 167 Å². The summed E-state index contributed by atoms with van der Waals surface area (Å²) < 4.78 is 1.68. The summed E-state index contributed by atoms with van der Waals surface area (Å²) >= 11 is 1.45. The Balaban J connectivity index is 1.80. The molecule has 2 N–H and O–H groups in total. The largest absolute Gasteiger partial charge is 0.366 e. The van der Waals surface area contributed by atoms with Crippen molar-refractivity contribution in [3.05, 3.63) is 52.3 Å². The van der Waals surface area contributed by atoms with Crippen molar-refractivity contribution in [3.63, 3.8) is 0 Å². The number of thioether (sulfide) groups is 1. The number of amides is 2. The molecule has 2 aromatic heterocycles. The Bertz CT molecular complexity index is 1060. The van der Waals surface area contributed by atoms with Gasteiger partial charge in [0.1, 0.15) is 0 Å². The number of rotatable bonds is 6. The number of hydrogen-bond acceptors (Lipinski definition) is 6. The number of benzene rings is 1. The summed E-state index contributed by atoms with van der Waals surface area (Å²) in [6.45, 7) is 4.17. The van der Waals surface area contributed by atoms with Crippen molar-refractivity contribution < 1.29 is 9.59 Å². The molecule has 1 aromatic carbocycles. The van der Waals surface area contributed by atoms with Gasteiger partial charge in [0.2, 0.25) is 17.0 Å². The van der Waals surface area contributed by atoms with E-state index in [9.17, 15) is 9.59 Å². The zero-order valence-electron chi connectivity index (χ0n) is 16.3. The lowest BCUT2D eigenvalue weighted by molar-refractivity contribution is -0.129. The van der Waals surface area contributed by atoms with Crippen molar-refractivity contribution in [2.45, 2.75) is 32.0 Å². The molecular weight excluding hydrogens is 376 g/mol. The molecule has 0 radical (unpaired) electrons. The first-order valence-corrected chi connectivity index (χ1v) is 9.92. The van der Waals surface area contributed by atoms with Crippen LogP contribution in [0, 0.1) is 13.8 Å². The van der Waals surface area contributed by atoms with Gasteiger partial charge in [0.25, 0.3) is 5.78 Å².